The van der Waals surface area contributed by atoms with Crippen molar-refractivity contribution in [2.24, 2.45) is 5.92 Å². The van der Waals surface area contributed by atoms with Crippen molar-refractivity contribution in [2.75, 3.05) is 5.75 Å². The van der Waals surface area contributed by atoms with Crippen molar-refractivity contribution in [2.45, 2.75) is 70.5 Å². The lowest BCUT2D eigenvalue weighted by molar-refractivity contribution is -0.116. The van der Waals surface area contributed by atoms with Crippen LogP contribution in [0.2, 0.25) is 0 Å². The predicted octanol–water partition coefficient (Wildman–Crippen LogP) is 5.74. The summed E-state index contributed by atoms with van der Waals surface area (Å²) in [5, 5.41) is 13.0. The zero-order valence-corrected chi connectivity index (χ0v) is 21.0. The summed E-state index contributed by atoms with van der Waals surface area (Å²) in [4.78, 5) is 35.0. The molecule has 0 aliphatic carbocycles. The van der Waals surface area contributed by atoms with Gasteiger partial charge >= 0.3 is 0 Å². The summed E-state index contributed by atoms with van der Waals surface area (Å²) in [5.41, 5.74) is 1.34. The van der Waals surface area contributed by atoms with Gasteiger partial charge in [0.25, 0.3) is 5.56 Å². The Morgan fingerprint density at radius 1 is 1.18 bits per heavy atom. The lowest BCUT2D eigenvalue weighted by Crippen LogP contribution is -2.24. The molecule has 1 aromatic carbocycles. The van der Waals surface area contributed by atoms with Crippen molar-refractivity contribution in [3.63, 3.8) is 0 Å². The number of fused-ring (bicyclic) bond motifs is 1. The van der Waals surface area contributed by atoms with E-state index in [-0.39, 0.29) is 17.1 Å². The predicted molar refractivity (Wildman–Crippen MR) is 135 cm³/mol. The minimum Gasteiger partial charge on any atom is -0.297 e. The van der Waals surface area contributed by atoms with Gasteiger partial charge in [0, 0.05) is 17.6 Å². The smallest absolute Gasteiger partial charge is 0.262 e. The number of hydrogen-bond acceptors (Lipinski definition) is 7. The van der Waals surface area contributed by atoms with E-state index < -0.39 is 5.92 Å². The molecule has 0 radical (unpaired) electrons. The summed E-state index contributed by atoms with van der Waals surface area (Å²) < 4.78 is 1.69. The van der Waals surface area contributed by atoms with Gasteiger partial charge in [-0.1, -0.05) is 63.4 Å². The first kappa shape index (κ1) is 25.1. The van der Waals surface area contributed by atoms with Crippen LogP contribution in [0.25, 0.3) is 10.9 Å². The van der Waals surface area contributed by atoms with Crippen molar-refractivity contribution in [1.29, 1.82) is 5.26 Å². The van der Waals surface area contributed by atoms with E-state index in [1.165, 1.54) is 35.9 Å². The molecule has 0 saturated heterocycles. The van der Waals surface area contributed by atoms with Crippen LogP contribution in [-0.2, 0) is 11.3 Å². The fourth-order valence-electron chi connectivity index (χ4n) is 3.62. The molecule has 0 saturated carbocycles. The number of thiazole rings is 1. The molecular weight excluding hydrogens is 452 g/mol. The third kappa shape index (κ3) is 6.75. The van der Waals surface area contributed by atoms with Crippen molar-refractivity contribution in [1.82, 2.24) is 14.5 Å². The Morgan fingerprint density at radius 2 is 1.94 bits per heavy atom. The minimum absolute atomic E-state index is 0.0655. The highest BCUT2D eigenvalue weighted by molar-refractivity contribution is 7.99. The van der Waals surface area contributed by atoms with Crippen LogP contribution in [0.1, 0.15) is 62.6 Å². The Balaban J connectivity index is 1.74. The van der Waals surface area contributed by atoms with Gasteiger partial charge in [0.2, 0.25) is 0 Å². The molecular formula is C25H30N4O2S2. The van der Waals surface area contributed by atoms with E-state index >= 15 is 0 Å². The van der Waals surface area contributed by atoms with Crippen LogP contribution in [0.5, 0.6) is 0 Å². The normalized spacial score (nSPS) is 12.2. The molecule has 3 aromatic rings. The van der Waals surface area contributed by atoms with Crippen LogP contribution in [0.3, 0.4) is 0 Å². The maximum absolute atomic E-state index is 13.2. The highest BCUT2D eigenvalue weighted by Gasteiger charge is 2.24. The Morgan fingerprint density at radius 3 is 2.64 bits per heavy atom. The van der Waals surface area contributed by atoms with Crippen LogP contribution >= 0.6 is 23.1 Å². The second-order valence-electron chi connectivity index (χ2n) is 8.61. The van der Waals surface area contributed by atoms with Gasteiger partial charge in [-0.3, -0.25) is 14.2 Å². The number of carbonyl (C=O) groups excluding carboxylic acids is 1. The molecule has 0 fully saturated rings. The van der Waals surface area contributed by atoms with E-state index in [0.29, 0.717) is 33.5 Å². The van der Waals surface area contributed by atoms with Crippen molar-refractivity contribution >= 4 is 39.8 Å². The van der Waals surface area contributed by atoms with Crippen LogP contribution in [-0.4, -0.2) is 26.1 Å². The topological polar surface area (TPSA) is 88.6 Å². The molecule has 33 heavy (non-hydrogen) atoms. The quantitative estimate of drug-likeness (QED) is 0.186. The number of aromatic nitrogens is 3. The van der Waals surface area contributed by atoms with E-state index in [1.807, 2.05) is 30.5 Å². The van der Waals surface area contributed by atoms with Crippen LogP contribution in [0.4, 0.5) is 0 Å². The molecule has 0 aliphatic rings. The summed E-state index contributed by atoms with van der Waals surface area (Å²) >= 11 is 2.55. The number of unbranched alkanes of at least 4 members (excludes halogenated alkanes) is 3. The molecule has 1 atom stereocenters. The fraction of sp³-hybridized carbons (Fsp3) is 0.480. The summed E-state index contributed by atoms with van der Waals surface area (Å²) in [5.74, 6) is -0.337. The Hall–Kier alpha value is -2.50. The maximum atomic E-state index is 13.2. The molecule has 6 nitrogen and oxygen atoms in total. The molecule has 0 spiro atoms. The first-order valence-corrected chi connectivity index (χ1v) is 13.2. The van der Waals surface area contributed by atoms with Gasteiger partial charge in [0.1, 0.15) is 5.01 Å². The van der Waals surface area contributed by atoms with Gasteiger partial charge in [-0.05, 0) is 31.4 Å². The summed E-state index contributed by atoms with van der Waals surface area (Å²) in [6.45, 7) is 6.88. The summed E-state index contributed by atoms with van der Waals surface area (Å²) in [7, 11) is 0. The average molecular weight is 483 g/mol. The number of Topliss-reactive ketones (excluding diaryl/α,β-unsaturated/α-hetero) is 1. The lowest BCUT2D eigenvalue weighted by atomic mass is 10.0. The van der Waals surface area contributed by atoms with E-state index in [9.17, 15) is 14.9 Å². The SMILES string of the molecule is Cc1csc(C(C#N)C(=O)CSc2nc3ccccc3c(=O)n2CCCCCCC(C)C)n1. The van der Waals surface area contributed by atoms with Gasteiger partial charge < -0.3 is 0 Å². The average Bonchev–Trinajstić information content (AvgIpc) is 3.22. The molecule has 3 rings (SSSR count). The number of benzene rings is 1. The Kier molecular flexibility index (Phi) is 9.21. The number of aryl methyl sites for hydroxylation is 1. The standard InChI is InChI=1S/C25H30N4O2S2/c1-17(2)10-6-4-5-9-13-29-24(31)19-11-7-8-12-21(19)28-25(29)33-16-22(30)20(14-26)23-27-18(3)15-32-23/h7-8,11-12,15,17,20H,4-6,9-10,13,16H2,1-3H3. The molecule has 8 heteroatoms. The van der Waals surface area contributed by atoms with Gasteiger partial charge in [0.05, 0.1) is 22.7 Å². The van der Waals surface area contributed by atoms with Gasteiger partial charge in [0.15, 0.2) is 16.9 Å². The van der Waals surface area contributed by atoms with Crippen molar-refractivity contribution in [3.05, 3.63) is 50.7 Å². The maximum Gasteiger partial charge on any atom is 0.262 e. The molecule has 2 heterocycles. The lowest BCUT2D eigenvalue weighted by Gasteiger charge is -2.13. The number of carbonyl (C=O) groups is 1. The Labute approximate surface area is 203 Å². The van der Waals surface area contributed by atoms with Crippen LogP contribution in [0.15, 0.2) is 39.6 Å². The highest BCUT2D eigenvalue weighted by Crippen LogP contribution is 2.25. The third-order valence-electron chi connectivity index (χ3n) is 5.42. The number of hydrogen-bond donors (Lipinski definition) is 0. The second-order valence-corrected chi connectivity index (χ2v) is 10.4. The number of para-hydroxylation sites is 1. The fourth-order valence-corrected chi connectivity index (χ4v) is 5.41. The largest absolute Gasteiger partial charge is 0.297 e. The molecule has 0 amide bonds. The van der Waals surface area contributed by atoms with Crippen LogP contribution in [0, 0.1) is 24.2 Å². The van der Waals surface area contributed by atoms with Crippen molar-refractivity contribution < 1.29 is 4.79 Å². The molecule has 0 N–H and O–H groups in total. The van der Waals surface area contributed by atoms with Gasteiger partial charge in [-0.25, -0.2) is 9.97 Å². The number of rotatable bonds is 12. The zero-order chi connectivity index (χ0) is 23.8. The monoisotopic (exact) mass is 482 g/mol. The first-order chi connectivity index (χ1) is 15.9. The van der Waals surface area contributed by atoms with Crippen molar-refractivity contribution in [3.8, 4) is 6.07 Å². The molecule has 2 aromatic heterocycles. The molecule has 1 unspecified atom stereocenters. The zero-order valence-electron chi connectivity index (χ0n) is 19.4. The number of thioether (sulfide) groups is 1. The highest BCUT2D eigenvalue weighted by atomic mass is 32.2. The van der Waals surface area contributed by atoms with Crippen LogP contribution < -0.4 is 5.56 Å². The van der Waals surface area contributed by atoms with E-state index in [2.05, 4.69) is 29.9 Å². The van der Waals surface area contributed by atoms with E-state index in [1.54, 1.807) is 10.6 Å². The molecule has 0 aliphatic heterocycles. The summed E-state index contributed by atoms with van der Waals surface area (Å²) in [6, 6.07) is 9.38. The summed E-state index contributed by atoms with van der Waals surface area (Å²) in [6.07, 6.45) is 5.50. The number of nitrogens with zero attached hydrogens (tertiary/aromatic N) is 4. The number of ketones is 1. The van der Waals surface area contributed by atoms with E-state index in [4.69, 9.17) is 0 Å². The number of nitriles is 1. The van der Waals surface area contributed by atoms with Gasteiger partial charge in [-0.2, -0.15) is 5.26 Å². The Bertz CT molecular complexity index is 1190. The minimum atomic E-state index is -0.891. The molecule has 0 bridgehead atoms. The third-order valence-corrected chi connectivity index (χ3v) is 7.44. The molecule has 174 valence electrons. The van der Waals surface area contributed by atoms with E-state index in [0.717, 1.165) is 25.0 Å². The first-order valence-electron chi connectivity index (χ1n) is 11.4. The second kappa shape index (κ2) is 12.1. The van der Waals surface area contributed by atoms with Gasteiger partial charge in [-0.15, -0.1) is 11.3 Å².